The van der Waals surface area contributed by atoms with Crippen molar-refractivity contribution in [3.63, 3.8) is 0 Å². The highest BCUT2D eigenvalue weighted by Crippen LogP contribution is 2.27. The van der Waals surface area contributed by atoms with Crippen LogP contribution in [0.15, 0.2) is 41.2 Å². The van der Waals surface area contributed by atoms with Gasteiger partial charge < -0.3 is 5.32 Å². The summed E-state index contributed by atoms with van der Waals surface area (Å²) >= 11 is 0. The van der Waals surface area contributed by atoms with Gasteiger partial charge in [0.15, 0.2) is 0 Å². The first-order valence-electron chi connectivity index (χ1n) is 8.44. The lowest BCUT2D eigenvalue weighted by atomic mass is 9.91. The number of benzene rings is 1. The molecule has 1 fully saturated rings. The summed E-state index contributed by atoms with van der Waals surface area (Å²) in [4.78, 5) is 12.0. The average molecular weight is 322 g/mol. The zero-order valence-electron chi connectivity index (χ0n) is 13.9. The Balaban J connectivity index is 1.54. The molecule has 1 heterocycles. The van der Waals surface area contributed by atoms with Gasteiger partial charge in [-0.2, -0.15) is 10.4 Å². The molecule has 0 atom stereocenters. The van der Waals surface area contributed by atoms with E-state index < -0.39 is 0 Å². The smallest absolute Gasteiger partial charge is 0.267 e. The largest absolute Gasteiger partial charge is 0.310 e. The van der Waals surface area contributed by atoms with Crippen LogP contribution >= 0.6 is 0 Å². The predicted molar refractivity (Wildman–Crippen MR) is 92.5 cm³/mol. The maximum Gasteiger partial charge on any atom is 0.267 e. The summed E-state index contributed by atoms with van der Waals surface area (Å²) in [7, 11) is 0. The van der Waals surface area contributed by atoms with Crippen LogP contribution in [0.25, 0.3) is 0 Å². The van der Waals surface area contributed by atoms with E-state index in [9.17, 15) is 4.79 Å². The van der Waals surface area contributed by atoms with E-state index in [-0.39, 0.29) is 11.6 Å². The number of aromatic nitrogens is 2. The predicted octanol–water partition coefficient (Wildman–Crippen LogP) is 2.70. The molecule has 0 unspecified atom stereocenters. The van der Waals surface area contributed by atoms with Crippen LogP contribution in [0.5, 0.6) is 0 Å². The maximum atomic E-state index is 12.0. The number of rotatable bonds is 4. The Morgan fingerprint density at radius 1 is 1.25 bits per heavy atom. The molecule has 0 radical (unpaired) electrons. The number of aryl methyl sites for hydroxylation is 1. The Labute approximate surface area is 141 Å². The molecule has 1 N–H and O–H groups in total. The first-order valence-corrected chi connectivity index (χ1v) is 8.44. The first kappa shape index (κ1) is 16.4. The second-order valence-corrected chi connectivity index (χ2v) is 6.46. The third-order valence-corrected chi connectivity index (χ3v) is 4.65. The van der Waals surface area contributed by atoms with Gasteiger partial charge in [0.2, 0.25) is 0 Å². The van der Waals surface area contributed by atoms with Crippen LogP contribution in [0.4, 0.5) is 0 Å². The minimum absolute atomic E-state index is 0.00896. The van der Waals surface area contributed by atoms with Gasteiger partial charge in [0.1, 0.15) is 0 Å². The second kappa shape index (κ2) is 7.41. The summed E-state index contributed by atoms with van der Waals surface area (Å²) in [6.07, 6.45) is 3.99. The van der Waals surface area contributed by atoms with Crippen LogP contribution in [0.3, 0.4) is 0 Å². The number of hydrogen-bond donors (Lipinski definition) is 1. The number of nitrogens with zero attached hydrogens (tertiary/aromatic N) is 3. The Morgan fingerprint density at radius 2 is 2.04 bits per heavy atom. The van der Waals surface area contributed by atoms with Crippen molar-refractivity contribution in [3.05, 3.63) is 63.6 Å². The molecule has 0 saturated heterocycles. The second-order valence-electron chi connectivity index (χ2n) is 6.46. The summed E-state index contributed by atoms with van der Waals surface area (Å²) in [5.41, 5.74) is 2.70. The van der Waals surface area contributed by atoms with Gasteiger partial charge in [-0.15, -0.1) is 0 Å². The Bertz CT molecular complexity index is 797. The molecular weight excluding hydrogens is 300 g/mol. The van der Waals surface area contributed by atoms with Crippen molar-refractivity contribution in [2.75, 3.05) is 0 Å². The molecule has 124 valence electrons. The van der Waals surface area contributed by atoms with Crippen LogP contribution in [0.2, 0.25) is 0 Å². The van der Waals surface area contributed by atoms with E-state index in [2.05, 4.69) is 16.5 Å². The highest BCUT2D eigenvalue weighted by molar-refractivity contribution is 5.32. The summed E-state index contributed by atoms with van der Waals surface area (Å²) in [5.74, 6) is 0. The van der Waals surface area contributed by atoms with Crippen molar-refractivity contribution in [1.29, 1.82) is 5.26 Å². The Hall–Kier alpha value is -2.45. The van der Waals surface area contributed by atoms with Gasteiger partial charge in [-0.05, 0) is 56.4 Å². The summed E-state index contributed by atoms with van der Waals surface area (Å²) < 4.78 is 1.65. The Morgan fingerprint density at radius 3 is 2.79 bits per heavy atom. The van der Waals surface area contributed by atoms with Gasteiger partial charge in [0, 0.05) is 18.7 Å². The minimum atomic E-state index is -0.00896. The third-order valence-electron chi connectivity index (χ3n) is 4.65. The maximum absolute atomic E-state index is 12.0. The molecule has 1 aromatic carbocycles. The molecule has 0 aliphatic heterocycles. The van der Waals surface area contributed by atoms with Crippen molar-refractivity contribution in [2.24, 2.45) is 0 Å². The lowest BCUT2D eigenvalue weighted by Crippen LogP contribution is -2.36. The van der Waals surface area contributed by atoms with E-state index >= 15 is 0 Å². The van der Waals surface area contributed by atoms with Crippen molar-refractivity contribution >= 4 is 0 Å². The van der Waals surface area contributed by atoms with E-state index in [0.717, 1.165) is 43.5 Å². The van der Waals surface area contributed by atoms with E-state index in [1.807, 2.05) is 31.2 Å². The molecule has 1 saturated carbocycles. The first-order chi connectivity index (χ1) is 11.7. The van der Waals surface area contributed by atoms with Crippen molar-refractivity contribution in [1.82, 2.24) is 15.1 Å². The molecule has 5 nitrogen and oxygen atoms in total. The monoisotopic (exact) mass is 322 g/mol. The van der Waals surface area contributed by atoms with Crippen LogP contribution < -0.4 is 10.9 Å². The van der Waals surface area contributed by atoms with Crippen molar-refractivity contribution in [2.45, 2.75) is 51.2 Å². The normalized spacial score (nSPS) is 20.5. The minimum Gasteiger partial charge on any atom is -0.310 e. The van der Waals surface area contributed by atoms with Crippen LogP contribution in [-0.2, 0) is 6.54 Å². The quantitative estimate of drug-likeness (QED) is 0.939. The fourth-order valence-electron chi connectivity index (χ4n) is 3.32. The van der Waals surface area contributed by atoms with E-state index in [4.69, 9.17) is 5.26 Å². The fraction of sp³-hybridized carbons (Fsp3) is 0.421. The molecule has 0 amide bonds. The molecule has 0 spiro atoms. The highest BCUT2D eigenvalue weighted by atomic mass is 16.1. The van der Waals surface area contributed by atoms with Gasteiger partial charge >= 0.3 is 0 Å². The number of nitriles is 1. The summed E-state index contributed by atoms with van der Waals surface area (Å²) in [5, 5.41) is 16.9. The zero-order valence-corrected chi connectivity index (χ0v) is 13.9. The van der Waals surface area contributed by atoms with Crippen LogP contribution in [-0.4, -0.2) is 15.8 Å². The molecule has 0 bridgehead atoms. The van der Waals surface area contributed by atoms with Crippen LogP contribution in [0.1, 0.15) is 48.5 Å². The fourth-order valence-corrected chi connectivity index (χ4v) is 3.32. The Kier molecular flexibility index (Phi) is 5.07. The SMILES string of the molecule is Cc1ccc(=O)n(C2CCC(NCc3cccc(C#N)c3)CC2)n1. The standard InChI is InChI=1S/C19H22N4O/c1-14-5-10-19(24)23(22-14)18-8-6-17(7-9-18)21-13-16-4-2-3-15(11-16)12-20/h2-5,10-11,17-18,21H,6-9,13H2,1H3. The molecule has 3 rings (SSSR count). The van der Waals surface area contributed by atoms with Crippen molar-refractivity contribution in [3.8, 4) is 6.07 Å². The zero-order chi connectivity index (χ0) is 16.9. The molecule has 1 aliphatic carbocycles. The lowest BCUT2D eigenvalue weighted by molar-refractivity contribution is 0.268. The van der Waals surface area contributed by atoms with E-state index in [1.54, 1.807) is 16.8 Å². The summed E-state index contributed by atoms with van der Waals surface area (Å²) in [6, 6.07) is 13.9. The number of nitrogens with one attached hydrogen (secondary N) is 1. The van der Waals surface area contributed by atoms with Gasteiger partial charge in [0.05, 0.1) is 23.4 Å². The number of hydrogen-bond acceptors (Lipinski definition) is 4. The molecular formula is C19H22N4O. The molecule has 1 aliphatic rings. The average Bonchev–Trinajstić information content (AvgIpc) is 2.63. The van der Waals surface area contributed by atoms with Gasteiger partial charge in [-0.1, -0.05) is 12.1 Å². The molecule has 24 heavy (non-hydrogen) atoms. The van der Waals surface area contributed by atoms with Crippen molar-refractivity contribution < 1.29 is 0 Å². The molecule has 5 heteroatoms. The topological polar surface area (TPSA) is 70.7 Å². The van der Waals surface area contributed by atoms with Crippen LogP contribution in [0, 0.1) is 18.3 Å². The highest BCUT2D eigenvalue weighted by Gasteiger charge is 2.23. The van der Waals surface area contributed by atoms with Gasteiger partial charge in [-0.3, -0.25) is 4.79 Å². The van der Waals surface area contributed by atoms with Gasteiger partial charge in [-0.25, -0.2) is 4.68 Å². The van der Waals surface area contributed by atoms with Gasteiger partial charge in [0.25, 0.3) is 5.56 Å². The molecule has 1 aromatic heterocycles. The van der Waals surface area contributed by atoms with E-state index in [1.165, 1.54) is 0 Å². The lowest BCUT2D eigenvalue weighted by Gasteiger charge is -2.29. The van der Waals surface area contributed by atoms with E-state index in [0.29, 0.717) is 11.6 Å². The third kappa shape index (κ3) is 3.90. The summed E-state index contributed by atoms with van der Waals surface area (Å²) in [6.45, 7) is 2.69. The molecule has 2 aromatic rings.